The summed E-state index contributed by atoms with van der Waals surface area (Å²) >= 11 is 1.53. The molecular weight excluding hydrogens is 356 g/mol. The van der Waals surface area contributed by atoms with Crippen molar-refractivity contribution >= 4 is 28.6 Å². The third-order valence-electron chi connectivity index (χ3n) is 5.54. The maximum atomic E-state index is 13.1. The van der Waals surface area contributed by atoms with E-state index in [9.17, 15) is 4.79 Å². The Labute approximate surface area is 164 Å². The van der Waals surface area contributed by atoms with Gasteiger partial charge in [-0.15, -0.1) is 11.3 Å². The molecule has 2 saturated heterocycles. The van der Waals surface area contributed by atoms with Crippen LogP contribution in [0.3, 0.4) is 0 Å². The molecule has 3 heterocycles. The molecule has 0 bridgehead atoms. The van der Waals surface area contributed by atoms with Gasteiger partial charge in [-0.2, -0.15) is 0 Å². The number of benzene rings is 1. The molecule has 2 aliphatic heterocycles. The number of thiophene rings is 1. The predicted octanol–water partition coefficient (Wildman–Crippen LogP) is 3.58. The van der Waals surface area contributed by atoms with Crippen LogP contribution in [0, 0.1) is 5.41 Å². The molecule has 1 aromatic carbocycles. The average Bonchev–Trinajstić information content (AvgIpc) is 3.41. The van der Waals surface area contributed by atoms with Gasteiger partial charge in [-0.05, 0) is 74.6 Å². The normalized spacial score (nSPS) is 23.3. The van der Waals surface area contributed by atoms with Gasteiger partial charge in [0.1, 0.15) is 5.84 Å². The van der Waals surface area contributed by atoms with E-state index in [1.807, 2.05) is 41.8 Å². The first-order chi connectivity index (χ1) is 13.2. The minimum atomic E-state index is -0.105. The number of rotatable bonds is 5. The molecule has 0 saturated carbocycles. The summed E-state index contributed by atoms with van der Waals surface area (Å²) in [6, 6.07) is 11.6. The fourth-order valence-corrected chi connectivity index (χ4v) is 4.75. The summed E-state index contributed by atoms with van der Waals surface area (Å²) < 4.78 is 0. The van der Waals surface area contributed by atoms with Crippen molar-refractivity contribution in [3.63, 3.8) is 0 Å². The van der Waals surface area contributed by atoms with Gasteiger partial charge in [0.2, 0.25) is 0 Å². The van der Waals surface area contributed by atoms with Crippen molar-refractivity contribution in [3.8, 4) is 0 Å². The van der Waals surface area contributed by atoms with Crippen molar-refractivity contribution in [1.82, 2.24) is 10.2 Å². The Morgan fingerprint density at radius 2 is 1.93 bits per heavy atom. The highest BCUT2D eigenvalue weighted by molar-refractivity contribution is 7.12. The number of Topliss-reactive ketones (excluding diaryl/α,β-unsaturated/α-hetero) is 1. The van der Waals surface area contributed by atoms with Gasteiger partial charge >= 0.3 is 0 Å². The quantitative estimate of drug-likeness (QED) is 0.420. The lowest BCUT2D eigenvalue weighted by molar-refractivity contribution is 0.0859. The SMILES string of the molecule is N=C(Nc1ccc(C(=O)[C@H]2NCCC2N2CCCCC2)cc1)c1cccs1. The third kappa shape index (κ3) is 4.13. The Kier molecular flexibility index (Phi) is 5.66. The van der Waals surface area contributed by atoms with Gasteiger partial charge in [-0.1, -0.05) is 12.5 Å². The Morgan fingerprint density at radius 3 is 2.63 bits per heavy atom. The minimum absolute atomic E-state index is 0.105. The molecule has 27 heavy (non-hydrogen) atoms. The molecule has 6 heteroatoms. The molecule has 0 aliphatic carbocycles. The van der Waals surface area contributed by atoms with Gasteiger partial charge < -0.3 is 10.6 Å². The molecule has 142 valence electrons. The van der Waals surface area contributed by atoms with Crippen LogP contribution in [0.1, 0.15) is 40.9 Å². The molecule has 2 aliphatic rings. The highest BCUT2D eigenvalue weighted by Gasteiger charge is 2.37. The van der Waals surface area contributed by atoms with Crippen LogP contribution >= 0.6 is 11.3 Å². The number of likely N-dealkylation sites (tertiary alicyclic amines) is 1. The highest BCUT2D eigenvalue weighted by atomic mass is 32.1. The van der Waals surface area contributed by atoms with E-state index in [1.54, 1.807) is 0 Å². The standard InChI is InChI=1S/C21H26N4OS/c22-21(18-5-4-14-27-18)24-16-8-6-15(7-9-16)20(26)19-17(10-11-23-19)25-12-2-1-3-13-25/h4-9,14,17,19,23H,1-3,10-13H2,(H2,22,24)/t17?,19-/m0/s1. The van der Waals surface area contributed by atoms with E-state index in [4.69, 9.17) is 5.41 Å². The summed E-state index contributed by atoms with van der Waals surface area (Å²) in [5.41, 5.74) is 1.57. The van der Waals surface area contributed by atoms with Crippen molar-refractivity contribution in [2.45, 2.75) is 37.8 Å². The Balaban J connectivity index is 1.42. The molecule has 0 radical (unpaired) electrons. The van der Waals surface area contributed by atoms with Crippen LogP contribution in [0.5, 0.6) is 0 Å². The lowest BCUT2D eigenvalue weighted by Gasteiger charge is -2.34. The molecule has 2 aromatic rings. The largest absolute Gasteiger partial charge is 0.340 e. The van der Waals surface area contributed by atoms with Gasteiger partial charge in [0.25, 0.3) is 0 Å². The number of hydrogen-bond donors (Lipinski definition) is 3. The summed E-state index contributed by atoms with van der Waals surface area (Å²) in [7, 11) is 0. The number of nitrogens with zero attached hydrogens (tertiary/aromatic N) is 1. The topological polar surface area (TPSA) is 68.2 Å². The second-order valence-corrected chi connectivity index (χ2v) is 8.25. The minimum Gasteiger partial charge on any atom is -0.340 e. The maximum Gasteiger partial charge on any atom is 0.181 e. The summed E-state index contributed by atoms with van der Waals surface area (Å²) in [6.45, 7) is 3.14. The second kappa shape index (κ2) is 8.33. The fraction of sp³-hybridized carbons (Fsp3) is 0.429. The zero-order valence-electron chi connectivity index (χ0n) is 15.4. The number of piperidine rings is 1. The summed E-state index contributed by atoms with van der Waals surface area (Å²) in [5.74, 6) is 0.564. The summed E-state index contributed by atoms with van der Waals surface area (Å²) in [5, 5.41) is 16.6. The van der Waals surface area contributed by atoms with Crippen LogP contribution in [0.25, 0.3) is 0 Å². The molecule has 2 atom stereocenters. The van der Waals surface area contributed by atoms with Crippen LogP contribution in [0.4, 0.5) is 5.69 Å². The molecular formula is C21H26N4OS. The number of nitrogens with one attached hydrogen (secondary N) is 3. The van der Waals surface area contributed by atoms with Gasteiger partial charge in [-0.3, -0.25) is 15.1 Å². The van der Waals surface area contributed by atoms with E-state index in [1.165, 1.54) is 30.6 Å². The molecule has 5 nitrogen and oxygen atoms in total. The zero-order valence-corrected chi connectivity index (χ0v) is 16.2. The molecule has 2 fully saturated rings. The summed E-state index contributed by atoms with van der Waals surface area (Å²) in [6.07, 6.45) is 4.85. The molecule has 0 spiro atoms. The highest BCUT2D eigenvalue weighted by Crippen LogP contribution is 2.23. The van der Waals surface area contributed by atoms with Crippen LogP contribution in [0.15, 0.2) is 41.8 Å². The first kappa shape index (κ1) is 18.3. The number of amidine groups is 1. The summed E-state index contributed by atoms with van der Waals surface area (Å²) in [4.78, 5) is 16.5. The van der Waals surface area contributed by atoms with Gasteiger partial charge in [0.15, 0.2) is 5.78 Å². The smallest absolute Gasteiger partial charge is 0.181 e. The number of carbonyl (C=O) groups is 1. The lowest BCUT2D eigenvalue weighted by atomic mass is 9.96. The van der Waals surface area contributed by atoms with Crippen LogP contribution in [-0.4, -0.2) is 48.2 Å². The Bertz CT molecular complexity index is 781. The predicted molar refractivity (Wildman–Crippen MR) is 111 cm³/mol. The monoisotopic (exact) mass is 382 g/mol. The molecule has 4 rings (SSSR count). The number of carbonyl (C=O) groups excluding carboxylic acids is 1. The van der Waals surface area contributed by atoms with Gasteiger partial charge in [0.05, 0.1) is 10.9 Å². The van der Waals surface area contributed by atoms with E-state index < -0.39 is 0 Å². The first-order valence-corrected chi connectivity index (χ1v) is 10.6. The van der Waals surface area contributed by atoms with E-state index in [0.717, 1.165) is 42.2 Å². The van der Waals surface area contributed by atoms with Gasteiger partial charge in [0, 0.05) is 17.3 Å². The maximum absolute atomic E-state index is 13.1. The Hall–Kier alpha value is -2.02. The fourth-order valence-electron chi connectivity index (χ4n) is 4.12. The molecule has 1 aromatic heterocycles. The van der Waals surface area contributed by atoms with Crippen molar-refractivity contribution in [3.05, 3.63) is 52.2 Å². The van der Waals surface area contributed by atoms with Crippen LogP contribution in [-0.2, 0) is 0 Å². The van der Waals surface area contributed by atoms with Crippen molar-refractivity contribution in [1.29, 1.82) is 5.41 Å². The van der Waals surface area contributed by atoms with Crippen LogP contribution < -0.4 is 10.6 Å². The number of anilines is 1. The Morgan fingerprint density at radius 1 is 1.15 bits per heavy atom. The first-order valence-electron chi connectivity index (χ1n) is 9.73. The van der Waals surface area contributed by atoms with E-state index in [-0.39, 0.29) is 11.8 Å². The number of ketones is 1. The molecule has 1 unspecified atom stereocenters. The lowest BCUT2D eigenvalue weighted by Crippen LogP contribution is -2.49. The molecule has 3 N–H and O–H groups in total. The van der Waals surface area contributed by atoms with E-state index in [2.05, 4.69) is 15.5 Å². The molecule has 0 amide bonds. The zero-order chi connectivity index (χ0) is 18.6. The van der Waals surface area contributed by atoms with Crippen molar-refractivity contribution < 1.29 is 4.79 Å². The van der Waals surface area contributed by atoms with Crippen molar-refractivity contribution in [2.75, 3.05) is 25.0 Å². The second-order valence-electron chi connectivity index (χ2n) is 7.30. The van der Waals surface area contributed by atoms with Crippen LogP contribution in [0.2, 0.25) is 0 Å². The number of hydrogen-bond acceptors (Lipinski definition) is 5. The van der Waals surface area contributed by atoms with E-state index >= 15 is 0 Å². The van der Waals surface area contributed by atoms with E-state index in [0.29, 0.717) is 11.9 Å². The third-order valence-corrected chi connectivity index (χ3v) is 6.42. The van der Waals surface area contributed by atoms with Crippen molar-refractivity contribution in [2.24, 2.45) is 0 Å². The average molecular weight is 383 g/mol. The van der Waals surface area contributed by atoms with Gasteiger partial charge in [-0.25, -0.2) is 0 Å².